The summed E-state index contributed by atoms with van der Waals surface area (Å²) in [4.78, 5) is 31.7. The SMILES string of the molecule is C=CC(=O)Nc1ccc2c(N3CC[C@@H](Nc4ncc(C5CC5)cn4)C3)ncnc2c1. The van der Waals surface area contributed by atoms with Crippen molar-refractivity contribution in [1.82, 2.24) is 19.9 Å². The lowest BCUT2D eigenvalue weighted by atomic mass is 10.2. The van der Waals surface area contributed by atoms with Gasteiger partial charge in [-0.1, -0.05) is 6.58 Å². The third kappa shape index (κ3) is 3.80. The average Bonchev–Trinajstić information content (AvgIpc) is 3.52. The van der Waals surface area contributed by atoms with Crippen molar-refractivity contribution >= 4 is 34.3 Å². The highest BCUT2D eigenvalue weighted by atomic mass is 16.1. The number of hydrogen-bond acceptors (Lipinski definition) is 7. The molecule has 1 aromatic carbocycles. The normalized spacial score (nSPS) is 18.4. The van der Waals surface area contributed by atoms with Gasteiger partial charge in [0.25, 0.3) is 0 Å². The third-order valence-electron chi connectivity index (χ3n) is 5.61. The summed E-state index contributed by atoms with van der Waals surface area (Å²) in [5.41, 5.74) is 2.71. The number of benzene rings is 1. The van der Waals surface area contributed by atoms with E-state index < -0.39 is 0 Å². The van der Waals surface area contributed by atoms with Crippen LogP contribution < -0.4 is 15.5 Å². The summed E-state index contributed by atoms with van der Waals surface area (Å²) >= 11 is 0. The number of fused-ring (bicyclic) bond motifs is 1. The van der Waals surface area contributed by atoms with Gasteiger partial charge in [0.2, 0.25) is 11.9 Å². The van der Waals surface area contributed by atoms with Gasteiger partial charge < -0.3 is 15.5 Å². The predicted octanol–water partition coefficient (Wildman–Crippen LogP) is 3.11. The number of nitrogens with one attached hydrogen (secondary N) is 2. The first-order chi connectivity index (χ1) is 14.7. The second-order valence-corrected chi connectivity index (χ2v) is 7.81. The Labute approximate surface area is 174 Å². The number of rotatable bonds is 6. The first-order valence-corrected chi connectivity index (χ1v) is 10.2. The molecule has 0 bridgehead atoms. The molecule has 152 valence electrons. The van der Waals surface area contributed by atoms with Gasteiger partial charge in [-0.15, -0.1) is 0 Å². The van der Waals surface area contributed by atoms with Crippen LogP contribution in [0.15, 0.2) is 49.6 Å². The van der Waals surface area contributed by atoms with E-state index in [-0.39, 0.29) is 11.9 Å². The summed E-state index contributed by atoms with van der Waals surface area (Å²) < 4.78 is 0. The van der Waals surface area contributed by atoms with E-state index >= 15 is 0 Å². The minimum Gasteiger partial charge on any atom is -0.354 e. The van der Waals surface area contributed by atoms with Gasteiger partial charge in [-0.3, -0.25) is 4.79 Å². The molecular formula is C22H23N7O. The zero-order valence-electron chi connectivity index (χ0n) is 16.6. The number of hydrogen-bond donors (Lipinski definition) is 2. The van der Waals surface area contributed by atoms with Crippen LogP contribution in [-0.2, 0) is 4.79 Å². The van der Waals surface area contributed by atoms with Crippen molar-refractivity contribution in [3.05, 3.63) is 55.1 Å². The van der Waals surface area contributed by atoms with Gasteiger partial charge in [-0.2, -0.15) is 0 Å². The molecule has 2 aliphatic rings. The van der Waals surface area contributed by atoms with E-state index in [0.717, 1.165) is 36.2 Å². The maximum absolute atomic E-state index is 11.5. The van der Waals surface area contributed by atoms with Crippen molar-refractivity contribution in [2.24, 2.45) is 0 Å². The van der Waals surface area contributed by atoms with Crippen molar-refractivity contribution in [3.63, 3.8) is 0 Å². The molecule has 30 heavy (non-hydrogen) atoms. The monoisotopic (exact) mass is 401 g/mol. The number of anilines is 3. The molecule has 3 heterocycles. The summed E-state index contributed by atoms with van der Waals surface area (Å²) in [7, 11) is 0. The zero-order valence-corrected chi connectivity index (χ0v) is 16.6. The van der Waals surface area contributed by atoms with Gasteiger partial charge in [-0.25, -0.2) is 19.9 Å². The summed E-state index contributed by atoms with van der Waals surface area (Å²) in [5.74, 6) is 2.00. The van der Waals surface area contributed by atoms with Crippen LogP contribution in [0.5, 0.6) is 0 Å². The summed E-state index contributed by atoms with van der Waals surface area (Å²) in [6.07, 6.45) is 10.2. The molecular weight excluding hydrogens is 378 g/mol. The Bertz CT molecular complexity index is 1090. The fourth-order valence-electron chi connectivity index (χ4n) is 3.86. The molecule has 0 unspecified atom stereocenters. The Morgan fingerprint density at radius 2 is 1.97 bits per heavy atom. The number of nitrogens with zero attached hydrogens (tertiary/aromatic N) is 5. The highest BCUT2D eigenvalue weighted by Gasteiger charge is 2.27. The van der Waals surface area contributed by atoms with Crippen LogP contribution in [0.3, 0.4) is 0 Å². The first kappa shape index (κ1) is 18.5. The molecule has 2 N–H and O–H groups in total. The Morgan fingerprint density at radius 3 is 2.73 bits per heavy atom. The number of carbonyl (C=O) groups is 1. The molecule has 1 saturated carbocycles. The quantitative estimate of drug-likeness (QED) is 0.613. The molecule has 1 aliphatic heterocycles. The molecule has 2 fully saturated rings. The van der Waals surface area contributed by atoms with Gasteiger partial charge in [0, 0.05) is 42.6 Å². The highest BCUT2D eigenvalue weighted by molar-refractivity contribution is 6.01. The molecule has 1 atom stereocenters. The first-order valence-electron chi connectivity index (χ1n) is 10.2. The van der Waals surface area contributed by atoms with E-state index in [9.17, 15) is 4.79 Å². The molecule has 1 saturated heterocycles. The van der Waals surface area contributed by atoms with Crippen LogP contribution in [0.25, 0.3) is 10.9 Å². The Balaban J connectivity index is 1.29. The van der Waals surface area contributed by atoms with E-state index in [1.807, 2.05) is 30.6 Å². The van der Waals surface area contributed by atoms with Crippen molar-refractivity contribution in [3.8, 4) is 0 Å². The molecule has 2 aromatic heterocycles. The van der Waals surface area contributed by atoms with Crippen LogP contribution in [-0.4, -0.2) is 45.0 Å². The van der Waals surface area contributed by atoms with Crippen LogP contribution in [0.4, 0.5) is 17.5 Å². The van der Waals surface area contributed by atoms with E-state index in [4.69, 9.17) is 0 Å². The second-order valence-electron chi connectivity index (χ2n) is 7.81. The lowest BCUT2D eigenvalue weighted by Crippen LogP contribution is -2.27. The maximum atomic E-state index is 11.5. The Hall–Kier alpha value is -3.55. The van der Waals surface area contributed by atoms with E-state index in [1.165, 1.54) is 24.5 Å². The number of carbonyl (C=O) groups excluding carboxylic acids is 1. The lowest BCUT2D eigenvalue weighted by molar-refractivity contribution is -0.111. The molecule has 8 heteroatoms. The van der Waals surface area contributed by atoms with Crippen molar-refractivity contribution in [2.45, 2.75) is 31.2 Å². The minimum atomic E-state index is -0.246. The van der Waals surface area contributed by atoms with Crippen LogP contribution in [0.2, 0.25) is 0 Å². The Morgan fingerprint density at radius 1 is 1.13 bits per heavy atom. The maximum Gasteiger partial charge on any atom is 0.247 e. The highest BCUT2D eigenvalue weighted by Crippen LogP contribution is 2.39. The van der Waals surface area contributed by atoms with Gasteiger partial charge in [0.05, 0.1) is 5.52 Å². The van der Waals surface area contributed by atoms with Crippen LogP contribution in [0, 0.1) is 0 Å². The topological polar surface area (TPSA) is 95.9 Å². The summed E-state index contributed by atoms with van der Waals surface area (Å²) in [5, 5.41) is 7.17. The Kier molecular flexibility index (Phi) is 4.74. The molecule has 3 aromatic rings. The van der Waals surface area contributed by atoms with Crippen molar-refractivity contribution in [1.29, 1.82) is 0 Å². The standard InChI is InChI=1S/C22H23N7O/c1-2-20(30)27-16-5-6-18-19(9-16)25-13-26-21(18)29-8-7-17(12-29)28-22-23-10-15(11-24-22)14-3-4-14/h2,5-6,9-11,13-14,17H,1,3-4,7-8,12H2,(H,27,30)(H,23,24,28)/t17-/m1/s1. The van der Waals surface area contributed by atoms with E-state index in [2.05, 4.69) is 42.0 Å². The fourth-order valence-corrected chi connectivity index (χ4v) is 3.86. The van der Waals surface area contributed by atoms with Crippen molar-refractivity contribution < 1.29 is 4.79 Å². The van der Waals surface area contributed by atoms with Gasteiger partial charge in [0.15, 0.2) is 0 Å². The fraction of sp³-hybridized carbons (Fsp3) is 0.318. The van der Waals surface area contributed by atoms with Crippen LogP contribution >= 0.6 is 0 Å². The molecule has 5 rings (SSSR count). The lowest BCUT2D eigenvalue weighted by Gasteiger charge is -2.19. The van der Waals surface area contributed by atoms with Crippen molar-refractivity contribution in [2.75, 3.05) is 28.6 Å². The number of amides is 1. The van der Waals surface area contributed by atoms with Gasteiger partial charge in [-0.05, 0) is 55.0 Å². The van der Waals surface area contributed by atoms with Gasteiger partial charge in [0.1, 0.15) is 12.1 Å². The second kappa shape index (κ2) is 7.70. The summed E-state index contributed by atoms with van der Waals surface area (Å²) in [6, 6.07) is 5.91. The molecule has 0 spiro atoms. The predicted molar refractivity (Wildman–Crippen MR) is 117 cm³/mol. The molecule has 8 nitrogen and oxygen atoms in total. The largest absolute Gasteiger partial charge is 0.354 e. The summed E-state index contributed by atoms with van der Waals surface area (Å²) in [6.45, 7) is 5.18. The van der Waals surface area contributed by atoms with E-state index in [1.54, 1.807) is 6.33 Å². The smallest absolute Gasteiger partial charge is 0.247 e. The third-order valence-corrected chi connectivity index (χ3v) is 5.61. The average molecular weight is 401 g/mol. The van der Waals surface area contributed by atoms with Gasteiger partial charge >= 0.3 is 0 Å². The number of aromatic nitrogens is 4. The minimum absolute atomic E-state index is 0.246. The van der Waals surface area contributed by atoms with E-state index in [0.29, 0.717) is 17.6 Å². The zero-order chi connectivity index (χ0) is 20.5. The molecule has 1 amide bonds. The van der Waals surface area contributed by atoms with Crippen LogP contribution in [0.1, 0.15) is 30.7 Å². The molecule has 0 radical (unpaired) electrons. The molecule has 1 aliphatic carbocycles.